The van der Waals surface area contributed by atoms with Gasteiger partial charge < -0.3 is 20.5 Å². The van der Waals surface area contributed by atoms with Crippen LogP contribution in [0.1, 0.15) is 18.9 Å². The lowest BCUT2D eigenvalue weighted by Gasteiger charge is -2.12. The first-order valence-corrected chi connectivity index (χ1v) is 6.89. The predicted molar refractivity (Wildman–Crippen MR) is 80.5 cm³/mol. The third-order valence-electron chi connectivity index (χ3n) is 3.13. The number of nitrogens with one attached hydrogen (secondary N) is 2. The number of methoxy groups -OCH3 is 1. The van der Waals surface area contributed by atoms with Gasteiger partial charge >= 0.3 is 12.0 Å². The van der Waals surface area contributed by atoms with E-state index in [0.717, 1.165) is 11.3 Å². The van der Waals surface area contributed by atoms with Crippen molar-refractivity contribution in [3.63, 3.8) is 0 Å². The number of carboxylic acids is 1. The number of ether oxygens (including phenoxy) is 1. The van der Waals surface area contributed by atoms with Crippen LogP contribution >= 0.6 is 0 Å². The van der Waals surface area contributed by atoms with Crippen LogP contribution in [0.5, 0.6) is 0 Å². The molecule has 116 valence electrons. The molecule has 0 spiro atoms. The molecule has 0 aliphatic rings. The van der Waals surface area contributed by atoms with Crippen LogP contribution in [0.4, 0.5) is 10.5 Å². The Bertz CT molecular complexity index is 476. The molecule has 0 heterocycles. The molecule has 2 amide bonds. The topological polar surface area (TPSA) is 87.7 Å². The van der Waals surface area contributed by atoms with Crippen LogP contribution in [0.3, 0.4) is 0 Å². The number of carbonyl (C=O) groups is 2. The van der Waals surface area contributed by atoms with Crippen molar-refractivity contribution in [2.24, 2.45) is 5.92 Å². The number of benzene rings is 1. The van der Waals surface area contributed by atoms with E-state index in [1.807, 2.05) is 24.3 Å². The van der Waals surface area contributed by atoms with E-state index in [4.69, 9.17) is 9.84 Å². The molecule has 0 radical (unpaired) electrons. The molecule has 0 bridgehead atoms. The molecule has 0 aliphatic heterocycles. The van der Waals surface area contributed by atoms with Gasteiger partial charge in [0.25, 0.3) is 0 Å². The summed E-state index contributed by atoms with van der Waals surface area (Å²) >= 11 is 0. The normalized spacial score (nSPS) is 11.7. The summed E-state index contributed by atoms with van der Waals surface area (Å²) in [6.45, 7) is 2.51. The SMILES string of the molecule is COCCc1ccccc1NC(=O)NCCC(C)C(=O)O. The van der Waals surface area contributed by atoms with E-state index in [1.165, 1.54) is 0 Å². The first-order chi connectivity index (χ1) is 10.0. The van der Waals surface area contributed by atoms with Crippen LogP contribution < -0.4 is 10.6 Å². The van der Waals surface area contributed by atoms with Gasteiger partial charge in [0, 0.05) is 19.3 Å². The Morgan fingerprint density at radius 2 is 2.05 bits per heavy atom. The standard InChI is InChI=1S/C15H22N2O4/c1-11(14(18)19)7-9-16-15(20)17-13-6-4-3-5-12(13)8-10-21-2/h3-6,11H,7-10H2,1-2H3,(H,18,19)(H2,16,17,20). The van der Waals surface area contributed by atoms with E-state index >= 15 is 0 Å². The minimum atomic E-state index is -0.859. The van der Waals surface area contributed by atoms with Gasteiger partial charge in [0.05, 0.1) is 12.5 Å². The number of aliphatic carboxylic acids is 1. The van der Waals surface area contributed by atoms with E-state index in [9.17, 15) is 9.59 Å². The summed E-state index contributed by atoms with van der Waals surface area (Å²) in [6.07, 6.45) is 1.11. The Labute approximate surface area is 124 Å². The lowest BCUT2D eigenvalue weighted by atomic mass is 10.1. The second-order valence-electron chi connectivity index (χ2n) is 4.81. The molecule has 6 nitrogen and oxygen atoms in total. The number of carbonyl (C=O) groups excluding carboxylic acids is 1. The Morgan fingerprint density at radius 3 is 2.71 bits per heavy atom. The average Bonchev–Trinajstić information content (AvgIpc) is 2.46. The fourth-order valence-electron chi connectivity index (χ4n) is 1.76. The maximum atomic E-state index is 11.8. The molecule has 0 saturated heterocycles. The van der Waals surface area contributed by atoms with E-state index < -0.39 is 11.9 Å². The van der Waals surface area contributed by atoms with Gasteiger partial charge in [-0.05, 0) is 24.5 Å². The molecule has 0 fully saturated rings. The van der Waals surface area contributed by atoms with Crippen LogP contribution in [-0.4, -0.2) is 37.4 Å². The minimum Gasteiger partial charge on any atom is -0.481 e. The number of para-hydroxylation sites is 1. The van der Waals surface area contributed by atoms with Gasteiger partial charge in [-0.25, -0.2) is 4.79 Å². The maximum absolute atomic E-state index is 11.8. The zero-order chi connectivity index (χ0) is 15.7. The summed E-state index contributed by atoms with van der Waals surface area (Å²) in [4.78, 5) is 22.5. The molecule has 3 N–H and O–H groups in total. The summed E-state index contributed by atoms with van der Waals surface area (Å²) in [6, 6.07) is 7.17. The van der Waals surface area contributed by atoms with Crippen molar-refractivity contribution in [2.45, 2.75) is 19.8 Å². The molecule has 1 rings (SSSR count). The first kappa shape index (κ1) is 17.0. The van der Waals surface area contributed by atoms with Gasteiger partial charge in [0.1, 0.15) is 0 Å². The molecular formula is C15H22N2O4. The molecule has 6 heteroatoms. The Balaban J connectivity index is 2.45. The van der Waals surface area contributed by atoms with Crippen LogP contribution in [0.2, 0.25) is 0 Å². The quantitative estimate of drug-likeness (QED) is 0.685. The molecule has 0 aromatic heterocycles. The van der Waals surface area contributed by atoms with Crippen molar-refractivity contribution in [3.8, 4) is 0 Å². The number of rotatable bonds is 8. The highest BCUT2D eigenvalue weighted by molar-refractivity contribution is 5.90. The third-order valence-corrected chi connectivity index (χ3v) is 3.13. The summed E-state index contributed by atoms with van der Waals surface area (Å²) in [5.41, 5.74) is 1.73. The Kier molecular flexibility index (Phi) is 7.25. The highest BCUT2D eigenvalue weighted by Crippen LogP contribution is 2.15. The van der Waals surface area contributed by atoms with Crippen molar-refractivity contribution >= 4 is 17.7 Å². The lowest BCUT2D eigenvalue weighted by molar-refractivity contribution is -0.141. The number of urea groups is 1. The molecule has 21 heavy (non-hydrogen) atoms. The van der Waals surface area contributed by atoms with E-state index in [0.29, 0.717) is 26.0 Å². The number of hydrogen-bond acceptors (Lipinski definition) is 3. The molecule has 0 saturated carbocycles. The molecule has 1 atom stereocenters. The van der Waals surface area contributed by atoms with Crippen LogP contribution in [0.15, 0.2) is 24.3 Å². The van der Waals surface area contributed by atoms with Gasteiger partial charge in [0.2, 0.25) is 0 Å². The van der Waals surface area contributed by atoms with E-state index in [2.05, 4.69) is 10.6 Å². The fourth-order valence-corrected chi connectivity index (χ4v) is 1.76. The summed E-state index contributed by atoms with van der Waals surface area (Å²) in [7, 11) is 1.63. The van der Waals surface area contributed by atoms with Crippen LogP contribution in [0.25, 0.3) is 0 Å². The zero-order valence-corrected chi connectivity index (χ0v) is 12.4. The number of anilines is 1. The summed E-state index contributed by atoms with van der Waals surface area (Å²) < 4.78 is 5.04. The number of hydrogen-bond donors (Lipinski definition) is 3. The monoisotopic (exact) mass is 294 g/mol. The van der Waals surface area contributed by atoms with Crippen molar-refractivity contribution in [1.29, 1.82) is 0 Å². The van der Waals surface area contributed by atoms with Gasteiger partial charge in [-0.15, -0.1) is 0 Å². The van der Waals surface area contributed by atoms with Crippen molar-refractivity contribution in [3.05, 3.63) is 29.8 Å². The number of amides is 2. The van der Waals surface area contributed by atoms with Gasteiger partial charge in [0.15, 0.2) is 0 Å². The predicted octanol–water partition coefficient (Wildman–Crippen LogP) is 2.11. The van der Waals surface area contributed by atoms with Crippen LogP contribution in [0, 0.1) is 5.92 Å². The van der Waals surface area contributed by atoms with Gasteiger partial charge in [-0.1, -0.05) is 25.1 Å². The first-order valence-electron chi connectivity index (χ1n) is 6.89. The molecule has 1 aromatic rings. The second-order valence-corrected chi connectivity index (χ2v) is 4.81. The smallest absolute Gasteiger partial charge is 0.319 e. The van der Waals surface area contributed by atoms with Gasteiger partial charge in [-0.3, -0.25) is 4.79 Å². The Morgan fingerprint density at radius 1 is 1.33 bits per heavy atom. The molecular weight excluding hydrogens is 272 g/mol. The van der Waals surface area contributed by atoms with Crippen molar-refractivity contribution < 1.29 is 19.4 Å². The zero-order valence-electron chi connectivity index (χ0n) is 12.4. The summed E-state index contributed by atoms with van der Waals surface area (Å²) in [5, 5.41) is 14.2. The van der Waals surface area contributed by atoms with E-state index in [1.54, 1.807) is 14.0 Å². The third kappa shape index (κ3) is 6.27. The lowest BCUT2D eigenvalue weighted by Crippen LogP contribution is -2.31. The average molecular weight is 294 g/mol. The van der Waals surface area contributed by atoms with Crippen molar-refractivity contribution in [1.82, 2.24) is 5.32 Å². The fraction of sp³-hybridized carbons (Fsp3) is 0.467. The van der Waals surface area contributed by atoms with Crippen molar-refractivity contribution in [2.75, 3.05) is 25.6 Å². The highest BCUT2D eigenvalue weighted by atomic mass is 16.5. The summed E-state index contributed by atoms with van der Waals surface area (Å²) in [5.74, 6) is -1.33. The maximum Gasteiger partial charge on any atom is 0.319 e. The number of carboxylic acid groups (broad SMARTS) is 1. The molecule has 0 aliphatic carbocycles. The minimum absolute atomic E-state index is 0.319. The second kappa shape index (κ2) is 8.97. The molecule has 1 unspecified atom stereocenters. The molecule has 1 aromatic carbocycles. The van der Waals surface area contributed by atoms with Gasteiger partial charge in [-0.2, -0.15) is 0 Å². The largest absolute Gasteiger partial charge is 0.481 e. The highest BCUT2D eigenvalue weighted by Gasteiger charge is 2.11. The Hall–Kier alpha value is -2.08. The van der Waals surface area contributed by atoms with E-state index in [-0.39, 0.29) is 6.03 Å². The van der Waals surface area contributed by atoms with Crippen LogP contribution in [-0.2, 0) is 16.0 Å².